The maximum Gasteiger partial charge on any atom is 0.257 e. The highest BCUT2D eigenvalue weighted by Gasteiger charge is 2.05. The van der Waals surface area contributed by atoms with Crippen LogP contribution in [0.2, 0.25) is 0 Å². The molecule has 8 nitrogen and oxygen atoms in total. The zero-order valence-electron chi connectivity index (χ0n) is 11.6. The van der Waals surface area contributed by atoms with E-state index >= 15 is 0 Å². The number of oxime groups is 1. The zero-order chi connectivity index (χ0) is 15.7. The first-order chi connectivity index (χ1) is 10.1. The predicted molar refractivity (Wildman–Crippen MR) is 76.1 cm³/mol. The molecule has 0 aliphatic carbocycles. The number of carbonyl (C=O) groups is 2. The minimum absolute atomic E-state index is 0.00602. The van der Waals surface area contributed by atoms with Gasteiger partial charge in [-0.1, -0.05) is 5.16 Å². The molecule has 0 unspecified atom stereocenters. The van der Waals surface area contributed by atoms with Gasteiger partial charge >= 0.3 is 0 Å². The molecule has 1 rings (SSSR count). The lowest BCUT2D eigenvalue weighted by molar-refractivity contribution is -0.123. The summed E-state index contributed by atoms with van der Waals surface area (Å²) >= 11 is 0. The molecule has 0 aromatic heterocycles. The number of ether oxygens (including phenoxy) is 1. The summed E-state index contributed by atoms with van der Waals surface area (Å²) in [4.78, 5) is 22.4. The molecule has 21 heavy (non-hydrogen) atoms. The number of nitrogens with one attached hydrogen (secondary N) is 2. The third kappa shape index (κ3) is 5.81. The maximum absolute atomic E-state index is 11.5. The Morgan fingerprint density at radius 2 is 1.95 bits per heavy atom. The molecule has 0 saturated heterocycles. The summed E-state index contributed by atoms with van der Waals surface area (Å²) in [5.41, 5.74) is 5.96. The fourth-order valence-corrected chi connectivity index (χ4v) is 1.42. The van der Waals surface area contributed by atoms with Crippen molar-refractivity contribution >= 4 is 17.6 Å². The Balaban J connectivity index is 2.34. The SMILES string of the molecule is CNC(=O)CCNC(=O)COc1ccc(C(N)=NO)cc1. The van der Waals surface area contributed by atoms with Gasteiger partial charge in [-0.15, -0.1) is 0 Å². The van der Waals surface area contributed by atoms with Gasteiger partial charge in [0.1, 0.15) is 5.75 Å². The maximum atomic E-state index is 11.5. The number of amides is 2. The lowest BCUT2D eigenvalue weighted by atomic mass is 10.2. The first-order valence-electron chi connectivity index (χ1n) is 6.25. The number of nitrogens with zero attached hydrogens (tertiary/aromatic N) is 1. The van der Waals surface area contributed by atoms with Crippen LogP contribution in [0.3, 0.4) is 0 Å². The second kappa shape index (κ2) is 8.41. The van der Waals surface area contributed by atoms with Crippen molar-refractivity contribution in [3.8, 4) is 5.75 Å². The average molecular weight is 294 g/mol. The number of amidine groups is 1. The Hall–Kier alpha value is -2.77. The molecule has 0 aliphatic rings. The van der Waals surface area contributed by atoms with Gasteiger partial charge in [-0.3, -0.25) is 9.59 Å². The lowest BCUT2D eigenvalue weighted by Gasteiger charge is -2.07. The first kappa shape index (κ1) is 16.3. The summed E-state index contributed by atoms with van der Waals surface area (Å²) in [6.45, 7) is 0.0982. The minimum Gasteiger partial charge on any atom is -0.484 e. The predicted octanol–water partition coefficient (Wildman–Crippen LogP) is -0.588. The molecular weight excluding hydrogens is 276 g/mol. The monoisotopic (exact) mass is 294 g/mol. The smallest absolute Gasteiger partial charge is 0.257 e. The molecule has 0 bridgehead atoms. The molecule has 1 aromatic carbocycles. The average Bonchev–Trinajstić information content (AvgIpc) is 2.52. The van der Waals surface area contributed by atoms with E-state index in [1.54, 1.807) is 24.3 Å². The fourth-order valence-electron chi connectivity index (χ4n) is 1.42. The number of carbonyl (C=O) groups excluding carboxylic acids is 2. The van der Waals surface area contributed by atoms with Crippen LogP contribution in [0.4, 0.5) is 0 Å². The van der Waals surface area contributed by atoms with E-state index in [-0.39, 0.29) is 37.2 Å². The number of benzene rings is 1. The van der Waals surface area contributed by atoms with E-state index in [0.717, 1.165) is 0 Å². The minimum atomic E-state index is -0.320. The van der Waals surface area contributed by atoms with Gasteiger partial charge in [0, 0.05) is 25.6 Å². The van der Waals surface area contributed by atoms with Gasteiger partial charge in [0.15, 0.2) is 12.4 Å². The number of hydrogen-bond donors (Lipinski definition) is 4. The molecule has 114 valence electrons. The topological polar surface area (TPSA) is 126 Å². The quantitative estimate of drug-likeness (QED) is 0.231. The van der Waals surface area contributed by atoms with Crippen molar-refractivity contribution in [3.05, 3.63) is 29.8 Å². The highest BCUT2D eigenvalue weighted by atomic mass is 16.5. The second-order valence-electron chi connectivity index (χ2n) is 4.07. The largest absolute Gasteiger partial charge is 0.484 e. The number of nitrogens with two attached hydrogens (primary N) is 1. The molecule has 0 atom stereocenters. The molecular formula is C13H18N4O4. The summed E-state index contributed by atoms with van der Waals surface area (Å²) in [6.07, 6.45) is 0.219. The molecule has 8 heteroatoms. The Bertz CT molecular complexity index is 513. The molecule has 0 aliphatic heterocycles. The van der Waals surface area contributed by atoms with Crippen LogP contribution in [0.5, 0.6) is 5.75 Å². The summed E-state index contributed by atoms with van der Waals surface area (Å²) < 4.78 is 5.26. The fraction of sp³-hybridized carbons (Fsp3) is 0.308. The molecule has 1 aromatic rings. The van der Waals surface area contributed by atoms with Crippen LogP contribution in [-0.2, 0) is 9.59 Å². The van der Waals surface area contributed by atoms with E-state index in [9.17, 15) is 9.59 Å². The second-order valence-corrected chi connectivity index (χ2v) is 4.07. The van der Waals surface area contributed by atoms with Gasteiger partial charge < -0.3 is 26.3 Å². The Labute approximate surface area is 122 Å². The zero-order valence-corrected chi connectivity index (χ0v) is 11.6. The van der Waals surface area contributed by atoms with Crippen LogP contribution in [0, 0.1) is 0 Å². The van der Waals surface area contributed by atoms with Crippen molar-refractivity contribution in [3.63, 3.8) is 0 Å². The van der Waals surface area contributed by atoms with Gasteiger partial charge in [0.25, 0.3) is 5.91 Å². The molecule has 0 saturated carbocycles. The summed E-state index contributed by atoms with van der Waals surface area (Å²) in [5.74, 6) is 0.00814. The van der Waals surface area contributed by atoms with Crippen molar-refractivity contribution in [1.29, 1.82) is 0 Å². The molecule has 0 fully saturated rings. The van der Waals surface area contributed by atoms with E-state index < -0.39 is 0 Å². The third-order valence-corrected chi connectivity index (χ3v) is 2.58. The molecule has 2 amide bonds. The lowest BCUT2D eigenvalue weighted by Crippen LogP contribution is -2.32. The van der Waals surface area contributed by atoms with Gasteiger partial charge in [0.2, 0.25) is 5.91 Å². The standard InChI is InChI=1S/C13H18N4O4/c1-15-11(18)6-7-16-12(19)8-21-10-4-2-9(3-5-10)13(14)17-20/h2-5,20H,6-8H2,1H3,(H2,14,17)(H,15,18)(H,16,19). The normalized spacial score (nSPS) is 10.8. The van der Waals surface area contributed by atoms with E-state index in [2.05, 4.69) is 15.8 Å². The van der Waals surface area contributed by atoms with Crippen LogP contribution in [0.1, 0.15) is 12.0 Å². The Morgan fingerprint density at radius 3 is 2.52 bits per heavy atom. The third-order valence-electron chi connectivity index (χ3n) is 2.58. The van der Waals surface area contributed by atoms with Crippen LogP contribution in [0.25, 0.3) is 0 Å². The van der Waals surface area contributed by atoms with Crippen molar-refractivity contribution in [1.82, 2.24) is 10.6 Å². The van der Waals surface area contributed by atoms with E-state index in [0.29, 0.717) is 11.3 Å². The van der Waals surface area contributed by atoms with Crippen LogP contribution in [0.15, 0.2) is 29.4 Å². The molecule has 5 N–H and O–H groups in total. The summed E-state index contributed by atoms with van der Waals surface area (Å²) in [5, 5.41) is 16.4. The van der Waals surface area contributed by atoms with Gasteiger partial charge in [-0.25, -0.2) is 0 Å². The van der Waals surface area contributed by atoms with E-state index in [4.69, 9.17) is 15.7 Å². The van der Waals surface area contributed by atoms with Crippen molar-refractivity contribution in [2.45, 2.75) is 6.42 Å². The Kier molecular flexibility index (Phi) is 6.52. The van der Waals surface area contributed by atoms with E-state index in [1.807, 2.05) is 0 Å². The van der Waals surface area contributed by atoms with Crippen LogP contribution >= 0.6 is 0 Å². The summed E-state index contributed by atoms with van der Waals surface area (Å²) in [7, 11) is 1.53. The van der Waals surface area contributed by atoms with Crippen molar-refractivity contribution in [2.75, 3.05) is 20.2 Å². The molecule has 0 heterocycles. The van der Waals surface area contributed by atoms with Crippen molar-refractivity contribution in [2.24, 2.45) is 10.9 Å². The molecule has 0 radical (unpaired) electrons. The first-order valence-corrected chi connectivity index (χ1v) is 6.25. The highest BCUT2D eigenvalue weighted by molar-refractivity contribution is 5.97. The van der Waals surface area contributed by atoms with Gasteiger partial charge in [-0.2, -0.15) is 0 Å². The van der Waals surface area contributed by atoms with Gasteiger partial charge in [-0.05, 0) is 24.3 Å². The summed E-state index contributed by atoms with van der Waals surface area (Å²) in [6, 6.07) is 6.41. The molecule has 0 spiro atoms. The number of rotatable bonds is 7. The Morgan fingerprint density at radius 1 is 1.29 bits per heavy atom. The number of hydrogen-bond acceptors (Lipinski definition) is 5. The van der Waals surface area contributed by atoms with Crippen LogP contribution < -0.4 is 21.1 Å². The van der Waals surface area contributed by atoms with Crippen LogP contribution in [-0.4, -0.2) is 43.1 Å². The highest BCUT2D eigenvalue weighted by Crippen LogP contribution is 2.11. The van der Waals surface area contributed by atoms with Gasteiger partial charge in [0.05, 0.1) is 0 Å². The van der Waals surface area contributed by atoms with E-state index in [1.165, 1.54) is 7.05 Å². The van der Waals surface area contributed by atoms with Crippen molar-refractivity contribution < 1.29 is 19.5 Å².